The quantitative estimate of drug-likeness (QED) is 0.413. The van der Waals surface area contributed by atoms with Gasteiger partial charge in [-0.1, -0.05) is 0 Å². The second kappa shape index (κ2) is 5.44. The largest absolute Gasteiger partial charge is 0.423 e. The van der Waals surface area contributed by atoms with Gasteiger partial charge in [0.1, 0.15) is 17.1 Å². The molecule has 0 aliphatic carbocycles. The van der Waals surface area contributed by atoms with Crippen molar-refractivity contribution in [1.82, 2.24) is 0 Å². The van der Waals surface area contributed by atoms with Gasteiger partial charge in [0.25, 0.3) is 0 Å². The van der Waals surface area contributed by atoms with E-state index < -0.39 is 17.4 Å². The summed E-state index contributed by atoms with van der Waals surface area (Å²) in [5, 5.41) is 0.735. The van der Waals surface area contributed by atoms with Gasteiger partial charge in [0, 0.05) is 17.5 Å². The fraction of sp³-hybridized carbons (Fsp3) is 0.0588. The van der Waals surface area contributed by atoms with Gasteiger partial charge in [0.15, 0.2) is 0 Å². The molecule has 3 aromatic rings. The molecule has 0 saturated heterocycles. The summed E-state index contributed by atoms with van der Waals surface area (Å²) in [6.07, 6.45) is 0. The number of esters is 1. The van der Waals surface area contributed by atoms with E-state index in [1.165, 1.54) is 36.4 Å². The lowest BCUT2D eigenvalue weighted by Gasteiger charge is -2.08. The first-order valence-electron chi connectivity index (χ1n) is 6.55. The van der Waals surface area contributed by atoms with Crippen LogP contribution in [0.15, 0.2) is 57.7 Å². The highest BCUT2D eigenvalue weighted by atomic mass is 19.1. The third-order valence-corrected chi connectivity index (χ3v) is 3.20. The maximum absolute atomic E-state index is 12.9. The Morgan fingerprint density at radius 1 is 1.09 bits per heavy atom. The van der Waals surface area contributed by atoms with E-state index in [1.54, 1.807) is 19.1 Å². The molecule has 0 aliphatic rings. The van der Waals surface area contributed by atoms with Crippen LogP contribution in [-0.2, 0) is 0 Å². The Hall–Kier alpha value is -2.95. The smallest absolute Gasteiger partial charge is 0.343 e. The Labute approximate surface area is 124 Å². The standard InChI is InChI=1S/C17H11FO4/c1-10-8-12-4-7-16(19)21-15(12)9-14(10)22-17(20)11-2-5-13(18)6-3-11/h2-9H,1H3. The number of hydrogen-bond acceptors (Lipinski definition) is 4. The van der Waals surface area contributed by atoms with Crippen LogP contribution in [-0.4, -0.2) is 5.97 Å². The van der Waals surface area contributed by atoms with Crippen LogP contribution in [0.4, 0.5) is 4.39 Å². The van der Waals surface area contributed by atoms with Crippen LogP contribution in [0.5, 0.6) is 5.75 Å². The molecule has 0 N–H and O–H groups in total. The Bertz CT molecular complexity index is 910. The summed E-state index contributed by atoms with van der Waals surface area (Å²) in [5.74, 6) is -0.753. The fourth-order valence-corrected chi connectivity index (χ4v) is 2.07. The minimum atomic E-state index is -0.610. The summed E-state index contributed by atoms with van der Waals surface area (Å²) in [4.78, 5) is 23.3. The van der Waals surface area contributed by atoms with Gasteiger partial charge in [-0.25, -0.2) is 14.0 Å². The SMILES string of the molecule is Cc1cc2ccc(=O)oc2cc1OC(=O)c1ccc(F)cc1. The second-order valence-electron chi connectivity index (χ2n) is 4.81. The van der Waals surface area contributed by atoms with Crippen molar-refractivity contribution in [2.45, 2.75) is 6.92 Å². The number of ether oxygens (including phenoxy) is 1. The van der Waals surface area contributed by atoms with Crippen LogP contribution in [0.2, 0.25) is 0 Å². The summed E-state index contributed by atoms with van der Waals surface area (Å²) < 4.78 is 23.2. The number of carbonyl (C=O) groups is 1. The molecule has 0 aliphatic heterocycles. The average Bonchev–Trinajstić information content (AvgIpc) is 2.49. The molecule has 0 spiro atoms. The Kier molecular flexibility index (Phi) is 3.47. The van der Waals surface area contributed by atoms with Gasteiger partial charge in [-0.3, -0.25) is 0 Å². The number of hydrogen-bond donors (Lipinski definition) is 0. The molecule has 22 heavy (non-hydrogen) atoms. The average molecular weight is 298 g/mol. The van der Waals surface area contributed by atoms with E-state index in [0.717, 1.165) is 10.9 Å². The summed E-state index contributed by atoms with van der Waals surface area (Å²) in [6.45, 7) is 1.78. The van der Waals surface area contributed by atoms with E-state index >= 15 is 0 Å². The van der Waals surface area contributed by atoms with E-state index in [1.807, 2.05) is 0 Å². The lowest BCUT2D eigenvalue weighted by Crippen LogP contribution is -2.09. The molecule has 5 heteroatoms. The van der Waals surface area contributed by atoms with Gasteiger partial charge in [0.05, 0.1) is 5.56 Å². The van der Waals surface area contributed by atoms with E-state index in [0.29, 0.717) is 5.58 Å². The van der Waals surface area contributed by atoms with Crippen molar-refractivity contribution in [3.63, 3.8) is 0 Å². The molecule has 110 valence electrons. The molecule has 1 aromatic heterocycles. The van der Waals surface area contributed by atoms with E-state index in [2.05, 4.69) is 0 Å². The van der Waals surface area contributed by atoms with Crippen LogP contribution in [0.1, 0.15) is 15.9 Å². The topological polar surface area (TPSA) is 56.5 Å². The van der Waals surface area contributed by atoms with Crippen LogP contribution < -0.4 is 10.4 Å². The molecule has 1 heterocycles. The fourth-order valence-electron chi connectivity index (χ4n) is 2.07. The van der Waals surface area contributed by atoms with Gasteiger partial charge in [-0.05, 0) is 48.9 Å². The monoisotopic (exact) mass is 298 g/mol. The lowest BCUT2D eigenvalue weighted by molar-refractivity contribution is 0.0733. The molecule has 0 fully saturated rings. The summed E-state index contributed by atoms with van der Waals surface area (Å²) >= 11 is 0. The summed E-state index contributed by atoms with van der Waals surface area (Å²) in [7, 11) is 0. The van der Waals surface area contributed by atoms with Crippen LogP contribution in [0.3, 0.4) is 0 Å². The molecule has 0 atom stereocenters. The van der Waals surface area contributed by atoms with Crippen LogP contribution >= 0.6 is 0 Å². The highest BCUT2D eigenvalue weighted by Gasteiger charge is 2.12. The summed E-state index contributed by atoms with van der Waals surface area (Å²) in [6, 6.07) is 11.3. The van der Waals surface area contributed by atoms with Gasteiger partial charge < -0.3 is 9.15 Å². The van der Waals surface area contributed by atoms with Gasteiger partial charge in [-0.15, -0.1) is 0 Å². The Balaban J connectivity index is 1.96. The first-order chi connectivity index (χ1) is 10.5. The molecule has 0 unspecified atom stereocenters. The molecule has 0 saturated carbocycles. The first kappa shape index (κ1) is 14.0. The molecule has 0 amide bonds. The van der Waals surface area contributed by atoms with Crippen molar-refractivity contribution < 1.29 is 18.3 Å². The van der Waals surface area contributed by atoms with Crippen molar-refractivity contribution in [2.24, 2.45) is 0 Å². The number of rotatable bonds is 2. The minimum Gasteiger partial charge on any atom is -0.423 e. The number of halogens is 1. The number of benzene rings is 2. The normalized spacial score (nSPS) is 10.6. The maximum Gasteiger partial charge on any atom is 0.343 e. The van der Waals surface area contributed by atoms with E-state index in [9.17, 15) is 14.0 Å². The molecule has 0 radical (unpaired) electrons. The highest BCUT2D eigenvalue weighted by molar-refractivity contribution is 5.92. The Morgan fingerprint density at radius 3 is 2.55 bits per heavy atom. The molecule has 3 rings (SSSR count). The maximum atomic E-state index is 12.9. The number of fused-ring (bicyclic) bond motifs is 1. The number of aryl methyl sites for hydroxylation is 1. The van der Waals surface area contributed by atoms with Gasteiger partial charge in [0.2, 0.25) is 0 Å². The second-order valence-corrected chi connectivity index (χ2v) is 4.81. The predicted octanol–water partition coefficient (Wildman–Crippen LogP) is 3.46. The van der Waals surface area contributed by atoms with E-state index in [4.69, 9.17) is 9.15 Å². The van der Waals surface area contributed by atoms with E-state index in [-0.39, 0.29) is 11.3 Å². The molecule has 0 bridgehead atoms. The van der Waals surface area contributed by atoms with Crippen LogP contribution in [0, 0.1) is 12.7 Å². The predicted molar refractivity (Wildman–Crippen MR) is 78.6 cm³/mol. The minimum absolute atomic E-state index is 0.232. The first-order valence-corrected chi connectivity index (χ1v) is 6.55. The zero-order chi connectivity index (χ0) is 15.7. The third-order valence-electron chi connectivity index (χ3n) is 3.20. The van der Waals surface area contributed by atoms with Crippen molar-refractivity contribution >= 4 is 16.9 Å². The van der Waals surface area contributed by atoms with Gasteiger partial charge >= 0.3 is 11.6 Å². The third kappa shape index (κ3) is 2.74. The zero-order valence-electron chi connectivity index (χ0n) is 11.6. The van der Waals surface area contributed by atoms with Crippen LogP contribution in [0.25, 0.3) is 11.0 Å². The molecular weight excluding hydrogens is 287 g/mol. The van der Waals surface area contributed by atoms with Crippen molar-refractivity contribution in [3.8, 4) is 5.75 Å². The highest BCUT2D eigenvalue weighted by Crippen LogP contribution is 2.25. The van der Waals surface area contributed by atoms with Crippen molar-refractivity contribution in [1.29, 1.82) is 0 Å². The Morgan fingerprint density at radius 2 is 1.82 bits per heavy atom. The molecule has 4 nitrogen and oxygen atoms in total. The number of carbonyl (C=O) groups excluding carboxylic acids is 1. The van der Waals surface area contributed by atoms with Crippen molar-refractivity contribution in [2.75, 3.05) is 0 Å². The molecule has 2 aromatic carbocycles. The summed E-state index contributed by atoms with van der Waals surface area (Å²) in [5.41, 5.74) is 0.805. The van der Waals surface area contributed by atoms with Crippen molar-refractivity contribution in [3.05, 3.63) is 75.9 Å². The lowest BCUT2D eigenvalue weighted by atomic mass is 10.1. The molecular formula is C17H11FO4. The van der Waals surface area contributed by atoms with Gasteiger partial charge in [-0.2, -0.15) is 0 Å². The zero-order valence-corrected chi connectivity index (χ0v) is 11.6.